The molecule has 0 bridgehead atoms. The lowest BCUT2D eigenvalue weighted by atomic mass is 11.6. The van der Waals surface area contributed by atoms with Crippen molar-refractivity contribution >= 4 is 17.8 Å². The Morgan fingerprint density at radius 2 is 2.00 bits per heavy atom. The van der Waals surface area contributed by atoms with Gasteiger partial charge in [-0.3, -0.25) is 0 Å². The second-order valence-corrected chi connectivity index (χ2v) is 0.365. The molecule has 0 atom stereocenters. The summed E-state index contributed by atoms with van der Waals surface area (Å²) in [6.45, 7) is 0. The third-order valence-corrected chi connectivity index (χ3v) is 0.127. The fraction of sp³-hybridized carbons (Fsp3) is 0. The Hall–Kier alpha value is -0.370. The smallest absolute Gasteiger partial charge is 0.105 e. The molecule has 0 heterocycles. The summed E-state index contributed by atoms with van der Waals surface area (Å²) in [4.78, 5) is 0. The number of rotatable bonds is 0. The fourth-order valence-corrected chi connectivity index (χ4v) is 0. The van der Waals surface area contributed by atoms with Gasteiger partial charge in [0.1, 0.15) is 6.01 Å². The molecule has 3 nitrogen and oxygen atoms in total. The van der Waals surface area contributed by atoms with Gasteiger partial charge in [-0.05, 0) is 0 Å². The molecule has 0 aliphatic carbocycles. The van der Waals surface area contributed by atoms with Gasteiger partial charge < -0.3 is 5.48 Å². The first-order valence-corrected chi connectivity index (χ1v) is 0.981. The van der Waals surface area contributed by atoms with Gasteiger partial charge in [0.25, 0.3) is 0 Å². The Balaban J connectivity index is 0. The van der Waals surface area contributed by atoms with Gasteiger partial charge in [0.05, 0.1) is 0 Å². The maximum Gasteiger partial charge on any atom is 0.105 e. The Labute approximate surface area is 34.2 Å². The van der Waals surface area contributed by atoms with E-state index >= 15 is 0 Å². The van der Waals surface area contributed by atoms with Gasteiger partial charge in [-0.25, -0.2) is 5.41 Å². The molecule has 0 aromatic carbocycles. The number of hydrogen-bond acceptors (Lipinski definition) is 2. The molecule has 0 aliphatic heterocycles. The molecule has 0 aromatic heterocycles. The summed E-state index contributed by atoms with van der Waals surface area (Å²) in [5.41, 5.74) is 0. The minimum absolute atomic E-state index is 0. The number of hydrogen-bond donors (Lipinski definition) is 1. The van der Waals surface area contributed by atoms with E-state index in [0.29, 0.717) is 0 Å². The lowest BCUT2D eigenvalue weighted by molar-refractivity contribution is 0.824. The van der Waals surface area contributed by atoms with Crippen LogP contribution in [0.3, 0.4) is 0 Å². The van der Waals surface area contributed by atoms with Crippen LogP contribution in [0.5, 0.6) is 0 Å². The molecular formula is CH3ClN2O. The average Bonchev–Trinajstić information content (AvgIpc) is 1.37. The van der Waals surface area contributed by atoms with Crippen LogP contribution in [0.1, 0.15) is 0 Å². The first-order chi connectivity index (χ1) is 1.91. The molecule has 3 N–H and O–H groups in total. The highest BCUT2D eigenvalue weighted by molar-refractivity contribution is 6.16. The minimum Gasteiger partial charge on any atom is -0.412 e. The molecule has 0 fully saturated rings. The number of nitrogens with one attached hydrogen (secondary N) is 1. The van der Waals surface area contributed by atoms with E-state index in [2.05, 4.69) is 16.3 Å². The van der Waals surface area contributed by atoms with Crippen LogP contribution in [0.15, 0.2) is 4.51 Å². The lowest BCUT2D eigenvalue weighted by Crippen LogP contribution is -1.22. The molecule has 4 heteroatoms. The molecule has 0 saturated carbocycles. The summed E-state index contributed by atoms with van der Waals surface area (Å²) in [6.07, 6.45) is 0. The molecule has 0 amide bonds. The van der Waals surface area contributed by atoms with E-state index in [0.717, 1.165) is 0 Å². The Bertz CT molecular complexity index is 47.6. The van der Waals surface area contributed by atoms with Gasteiger partial charge in [-0.1, -0.05) is 0 Å². The van der Waals surface area contributed by atoms with Crippen LogP contribution in [-0.4, -0.2) is 11.5 Å². The van der Waals surface area contributed by atoms with E-state index in [1.807, 2.05) is 0 Å². The van der Waals surface area contributed by atoms with Gasteiger partial charge >= 0.3 is 0 Å². The van der Waals surface area contributed by atoms with Crippen molar-refractivity contribution in [1.29, 1.82) is 5.41 Å². The van der Waals surface area contributed by atoms with E-state index in [4.69, 9.17) is 5.41 Å². The Morgan fingerprint density at radius 3 is 2.00 bits per heavy atom. The maximum absolute atomic E-state index is 5.90. The molecule has 0 saturated heterocycles. The Kier molecular flexibility index (Phi) is 16.7. The van der Waals surface area contributed by atoms with Crippen LogP contribution in [0, 0.1) is 5.41 Å². The largest absolute Gasteiger partial charge is 0.412 e. The van der Waals surface area contributed by atoms with Gasteiger partial charge in [-0.2, -0.15) is 0 Å². The SMILES string of the molecule is N=C=NCl.O. The Morgan fingerprint density at radius 1 is 1.80 bits per heavy atom. The molecule has 30 valence electrons. The summed E-state index contributed by atoms with van der Waals surface area (Å²) < 4.78 is 2.62. The normalized spacial score (nSPS) is 3.40. The van der Waals surface area contributed by atoms with E-state index in [9.17, 15) is 0 Å². The second-order valence-electron chi connectivity index (χ2n) is 0.196. The highest BCUT2D eigenvalue weighted by Gasteiger charge is 1.28. The zero-order chi connectivity index (χ0) is 3.41. The highest BCUT2D eigenvalue weighted by Crippen LogP contribution is 1.60. The van der Waals surface area contributed by atoms with E-state index in [1.165, 1.54) is 0 Å². The van der Waals surface area contributed by atoms with Crippen molar-refractivity contribution in [3.05, 3.63) is 0 Å². The van der Waals surface area contributed by atoms with Gasteiger partial charge in [0.15, 0.2) is 0 Å². The minimum atomic E-state index is 0. The number of nitrogens with zero attached hydrogens (tertiary/aromatic N) is 1. The van der Waals surface area contributed by atoms with Crippen molar-refractivity contribution in [3.63, 3.8) is 0 Å². The fourth-order valence-electron chi connectivity index (χ4n) is 0. The first-order valence-electron chi connectivity index (χ1n) is 0.643. The zero-order valence-electron chi connectivity index (χ0n) is 2.33. The summed E-state index contributed by atoms with van der Waals surface area (Å²) in [5.74, 6) is 0. The van der Waals surface area contributed by atoms with Crippen molar-refractivity contribution in [2.75, 3.05) is 0 Å². The number of halogens is 1. The molecule has 0 rings (SSSR count). The third-order valence-electron chi connectivity index (χ3n) is 0.0423. The quantitative estimate of drug-likeness (QED) is 0.413. The van der Waals surface area contributed by atoms with Gasteiger partial charge in [-0.15, -0.1) is 4.51 Å². The topological polar surface area (TPSA) is 67.7 Å². The van der Waals surface area contributed by atoms with Crippen molar-refractivity contribution in [2.45, 2.75) is 0 Å². The zero-order valence-corrected chi connectivity index (χ0v) is 3.08. The lowest BCUT2D eigenvalue weighted by Gasteiger charge is -1.34. The van der Waals surface area contributed by atoms with Crippen molar-refractivity contribution in [1.82, 2.24) is 0 Å². The van der Waals surface area contributed by atoms with E-state index in [1.54, 1.807) is 6.01 Å². The molecule has 0 spiro atoms. The molecule has 5 heavy (non-hydrogen) atoms. The summed E-state index contributed by atoms with van der Waals surface area (Å²) in [7, 11) is 0. The third kappa shape index (κ3) is 24.3. The predicted molar refractivity (Wildman–Crippen MR) is 19.6 cm³/mol. The van der Waals surface area contributed by atoms with Crippen molar-refractivity contribution < 1.29 is 5.48 Å². The predicted octanol–water partition coefficient (Wildman–Crippen LogP) is 0.0682. The van der Waals surface area contributed by atoms with Gasteiger partial charge in [0, 0.05) is 11.8 Å². The summed E-state index contributed by atoms with van der Waals surface area (Å²) >= 11 is 4.51. The second kappa shape index (κ2) is 9.45. The van der Waals surface area contributed by atoms with Crippen molar-refractivity contribution in [3.8, 4) is 0 Å². The van der Waals surface area contributed by atoms with Crippen molar-refractivity contribution in [2.24, 2.45) is 4.51 Å². The summed E-state index contributed by atoms with van der Waals surface area (Å²) in [6, 6.07) is 1.57. The monoisotopic (exact) mass is 94.0 g/mol. The molecule has 0 unspecified atom stereocenters. The molecular weight excluding hydrogens is 91.5 g/mol. The molecule has 0 aliphatic rings. The first kappa shape index (κ1) is 8.82. The summed E-state index contributed by atoms with van der Waals surface area (Å²) in [5, 5.41) is 5.90. The van der Waals surface area contributed by atoms with Crippen LogP contribution < -0.4 is 0 Å². The van der Waals surface area contributed by atoms with Crippen LogP contribution in [0.25, 0.3) is 0 Å². The standard InChI is InChI=1S/CHClN2.H2O/c2-4-1-3;/h3H;1H2. The van der Waals surface area contributed by atoms with Crippen LogP contribution >= 0.6 is 11.8 Å². The van der Waals surface area contributed by atoms with E-state index < -0.39 is 0 Å². The average molecular weight is 94.5 g/mol. The van der Waals surface area contributed by atoms with Crippen LogP contribution in [-0.2, 0) is 0 Å². The molecule has 0 aromatic rings. The maximum atomic E-state index is 5.90. The van der Waals surface area contributed by atoms with Crippen LogP contribution in [0.2, 0.25) is 0 Å². The highest BCUT2D eigenvalue weighted by atomic mass is 35.5. The van der Waals surface area contributed by atoms with E-state index in [-0.39, 0.29) is 5.48 Å². The molecule has 0 radical (unpaired) electrons. The van der Waals surface area contributed by atoms with Gasteiger partial charge in [0.2, 0.25) is 0 Å². The van der Waals surface area contributed by atoms with Crippen LogP contribution in [0.4, 0.5) is 0 Å².